The van der Waals surface area contributed by atoms with Crippen molar-refractivity contribution < 1.29 is 0 Å². The molecule has 15 heavy (non-hydrogen) atoms. The van der Waals surface area contributed by atoms with Crippen LogP contribution in [0.3, 0.4) is 0 Å². The van der Waals surface area contributed by atoms with Gasteiger partial charge in [-0.1, -0.05) is 65.3 Å². The highest BCUT2D eigenvalue weighted by Crippen LogP contribution is 2.16. The maximum atomic E-state index is 5.81. The molecule has 0 N–H and O–H groups in total. The van der Waals surface area contributed by atoms with E-state index >= 15 is 0 Å². The molecule has 0 unspecified atom stereocenters. The molecule has 0 bridgehead atoms. The average molecular weight is 231 g/mol. The van der Waals surface area contributed by atoms with E-state index in [2.05, 4.69) is 13.0 Å². The van der Waals surface area contributed by atoms with Gasteiger partial charge in [-0.15, -0.1) is 0 Å². The Morgan fingerprint density at radius 1 is 0.800 bits per heavy atom. The predicted octanol–water partition coefficient (Wildman–Crippen LogP) is 6.04. The van der Waals surface area contributed by atoms with E-state index in [0.29, 0.717) is 0 Å². The number of benzene rings is 1. The Morgan fingerprint density at radius 3 is 1.47 bits per heavy atom. The molecule has 1 aromatic carbocycles. The lowest BCUT2D eigenvalue weighted by atomic mass is 10.1. The van der Waals surface area contributed by atoms with Gasteiger partial charge in [0.2, 0.25) is 0 Å². The summed E-state index contributed by atoms with van der Waals surface area (Å²) < 4.78 is 0. The Bertz CT molecular complexity index is 196. The Kier molecular flexibility index (Phi) is 21.3. The average Bonchev–Trinajstić information content (AvgIpc) is 2.34. The Balaban J connectivity index is -0.000000208. The van der Waals surface area contributed by atoms with Crippen molar-refractivity contribution in [1.29, 1.82) is 0 Å². The van der Waals surface area contributed by atoms with Gasteiger partial charge in [0.05, 0.1) is 0 Å². The maximum absolute atomic E-state index is 5.81. The van der Waals surface area contributed by atoms with E-state index in [1.54, 1.807) is 0 Å². The maximum Gasteiger partial charge on any atom is 0.0437 e. The second kappa shape index (κ2) is 16.0. The van der Waals surface area contributed by atoms with Crippen molar-refractivity contribution in [2.75, 3.05) is 0 Å². The van der Waals surface area contributed by atoms with Gasteiger partial charge in [-0.25, -0.2) is 0 Å². The topological polar surface area (TPSA) is 0 Å². The molecule has 0 fully saturated rings. The lowest BCUT2D eigenvalue weighted by Gasteiger charge is -1.98. The molecule has 1 rings (SSSR count). The van der Waals surface area contributed by atoms with Crippen molar-refractivity contribution >= 4 is 11.6 Å². The number of hydrogen-bond donors (Lipinski definition) is 0. The molecule has 1 heteroatoms. The molecule has 0 saturated heterocycles. The lowest BCUT2D eigenvalue weighted by molar-refractivity contribution is 1.34. The highest BCUT2D eigenvalue weighted by molar-refractivity contribution is 6.31. The summed E-state index contributed by atoms with van der Waals surface area (Å²) in [4.78, 5) is 0. The van der Waals surface area contributed by atoms with Gasteiger partial charge in [0.15, 0.2) is 0 Å². The van der Waals surface area contributed by atoms with E-state index in [9.17, 15) is 0 Å². The summed E-state index contributed by atoms with van der Waals surface area (Å²) in [5, 5.41) is 0.856. The molecule has 0 atom stereocenters. The largest absolute Gasteiger partial charge is 0.0840 e. The molecule has 0 amide bonds. The normalized spacial score (nSPS) is 7.00. The van der Waals surface area contributed by atoms with Crippen molar-refractivity contribution in [2.45, 2.75) is 55.4 Å². The van der Waals surface area contributed by atoms with Crippen LogP contribution in [0.5, 0.6) is 0 Å². The Labute approximate surface area is 102 Å². The first-order valence-corrected chi connectivity index (χ1v) is 6.31. The third-order valence-electron chi connectivity index (χ3n) is 1.54. The van der Waals surface area contributed by atoms with E-state index in [-0.39, 0.29) is 0 Å². The summed E-state index contributed by atoms with van der Waals surface area (Å²) in [7, 11) is 0. The van der Waals surface area contributed by atoms with Crippen LogP contribution >= 0.6 is 11.6 Å². The van der Waals surface area contributed by atoms with E-state index < -0.39 is 0 Å². The van der Waals surface area contributed by atoms with Crippen LogP contribution in [0, 0.1) is 13.8 Å². The molecule has 0 saturated carbocycles. The van der Waals surface area contributed by atoms with Crippen LogP contribution in [-0.2, 0) is 0 Å². The molecule has 1 aromatic rings. The number of halogens is 1. The summed E-state index contributed by atoms with van der Waals surface area (Å²) in [6, 6.07) is 5.93. The zero-order valence-corrected chi connectivity index (χ0v) is 12.4. The van der Waals surface area contributed by atoms with Gasteiger partial charge in [0.1, 0.15) is 0 Å². The highest BCUT2D eigenvalue weighted by Gasteiger charge is 1.93. The third-order valence-corrected chi connectivity index (χ3v) is 1.95. The van der Waals surface area contributed by atoms with Gasteiger partial charge >= 0.3 is 0 Å². The van der Waals surface area contributed by atoms with Crippen LogP contribution in [0.4, 0.5) is 0 Å². The molecule has 0 aliphatic carbocycles. The predicted molar refractivity (Wildman–Crippen MR) is 75.0 cm³/mol. The first-order chi connectivity index (χ1) is 7.22. The van der Waals surface area contributed by atoms with Crippen molar-refractivity contribution in [2.24, 2.45) is 0 Å². The van der Waals surface area contributed by atoms with Crippen LogP contribution in [0.25, 0.3) is 0 Å². The van der Waals surface area contributed by atoms with Gasteiger partial charge in [-0.2, -0.15) is 0 Å². The zero-order chi connectivity index (χ0) is 12.9. The second-order valence-corrected chi connectivity index (χ2v) is 2.59. The fourth-order valence-corrected chi connectivity index (χ4v) is 0.937. The number of aryl methyl sites for hydroxylation is 1. The highest BCUT2D eigenvalue weighted by atomic mass is 35.5. The number of hydrogen-bond acceptors (Lipinski definition) is 0. The van der Waals surface area contributed by atoms with Crippen molar-refractivity contribution in [3.8, 4) is 0 Å². The molecular weight excluding hydrogens is 204 g/mol. The van der Waals surface area contributed by atoms with Gasteiger partial charge in [-0.05, 0) is 31.0 Å². The Morgan fingerprint density at radius 2 is 1.20 bits per heavy atom. The summed E-state index contributed by atoms with van der Waals surface area (Å²) >= 11 is 5.81. The summed E-state index contributed by atoms with van der Waals surface area (Å²) in [6.07, 6.45) is 0. The third kappa shape index (κ3) is 9.81. The van der Waals surface area contributed by atoms with E-state index in [1.165, 1.54) is 11.1 Å². The van der Waals surface area contributed by atoms with Gasteiger partial charge in [0, 0.05) is 5.02 Å². The Hall–Kier alpha value is -0.490. The molecule has 0 nitrogen and oxygen atoms in total. The van der Waals surface area contributed by atoms with Crippen molar-refractivity contribution in [1.82, 2.24) is 0 Å². The van der Waals surface area contributed by atoms with Crippen LogP contribution < -0.4 is 0 Å². The molecule has 0 aliphatic rings. The fraction of sp³-hybridized carbons (Fsp3) is 0.571. The molecule has 0 aliphatic heterocycles. The van der Waals surface area contributed by atoms with Gasteiger partial charge < -0.3 is 0 Å². The minimum absolute atomic E-state index is 0.856. The summed E-state index contributed by atoms with van der Waals surface area (Å²) in [6.45, 7) is 16.1. The van der Waals surface area contributed by atoms with Crippen molar-refractivity contribution in [3.63, 3.8) is 0 Å². The van der Waals surface area contributed by atoms with E-state index in [0.717, 1.165) is 5.02 Å². The van der Waals surface area contributed by atoms with Crippen LogP contribution in [0.15, 0.2) is 18.2 Å². The second-order valence-electron chi connectivity index (χ2n) is 2.18. The molecule has 0 radical (unpaired) electrons. The standard InChI is InChI=1S/C8H9Cl.3C2H6/c1-6-4-3-5-8(9)7(6)2;3*1-2/h3-5H,1-2H3;3*1-2H3. The minimum Gasteiger partial charge on any atom is -0.0840 e. The van der Waals surface area contributed by atoms with Gasteiger partial charge in [-0.3, -0.25) is 0 Å². The molecule has 90 valence electrons. The summed E-state index contributed by atoms with van der Waals surface area (Å²) in [5.41, 5.74) is 2.43. The molecule has 0 aromatic heterocycles. The van der Waals surface area contributed by atoms with E-state index in [4.69, 9.17) is 11.6 Å². The smallest absolute Gasteiger partial charge is 0.0437 e. The van der Waals surface area contributed by atoms with Gasteiger partial charge in [0.25, 0.3) is 0 Å². The first kappa shape index (κ1) is 20.0. The lowest BCUT2D eigenvalue weighted by Crippen LogP contribution is -1.78. The molecule has 0 spiro atoms. The molecule has 0 heterocycles. The number of rotatable bonds is 0. The van der Waals surface area contributed by atoms with Crippen molar-refractivity contribution in [3.05, 3.63) is 34.3 Å². The first-order valence-electron chi connectivity index (χ1n) is 5.93. The SMILES string of the molecule is CC.CC.CC.Cc1cccc(Cl)c1C. The van der Waals surface area contributed by atoms with E-state index in [1.807, 2.05) is 60.6 Å². The van der Waals surface area contributed by atoms with Crippen LogP contribution in [-0.4, -0.2) is 0 Å². The van der Waals surface area contributed by atoms with Crippen LogP contribution in [0.2, 0.25) is 5.02 Å². The monoisotopic (exact) mass is 230 g/mol. The quantitative estimate of drug-likeness (QED) is 0.510. The molecular formula is C14H27Cl. The minimum atomic E-state index is 0.856. The summed E-state index contributed by atoms with van der Waals surface area (Å²) in [5.74, 6) is 0. The fourth-order valence-electron chi connectivity index (χ4n) is 0.715. The van der Waals surface area contributed by atoms with Crippen LogP contribution in [0.1, 0.15) is 52.7 Å². The zero-order valence-electron chi connectivity index (χ0n) is 11.6.